The maximum atomic E-state index is 5.63. The second kappa shape index (κ2) is 5.69. The Morgan fingerprint density at radius 2 is 1.69 bits per heavy atom. The van der Waals surface area contributed by atoms with Crippen molar-refractivity contribution in [1.29, 1.82) is 0 Å². The quantitative estimate of drug-likeness (QED) is 0.368. The zero-order valence-electron chi connectivity index (χ0n) is 6.65. The van der Waals surface area contributed by atoms with Gasteiger partial charge < -0.3 is 4.74 Å². The van der Waals surface area contributed by atoms with Crippen LogP contribution in [0, 0.1) is 10.7 Å². The number of rotatable bonds is 2. The third kappa shape index (κ3) is 3.98. The van der Waals surface area contributed by atoms with E-state index in [1.165, 1.54) is 3.57 Å². The Labute approximate surface area is 127 Å². The van der Waals surface area contributed by atoms with Crippen molar-refractivity contribution in [2.45, 2.75) is 11.9 Å². The largest absolute Gasteiger partial charge is 0.477 e. The van der Waals surface area contributed by atoms with Crippen molar-refractivity contribution in [1.82, 2.24) is 0 Å². The number of hydrogen-bond donors (Lipinski definition) is 0. The lowest BCUT2D eigenvalue weighted by atomic mass is 10.3. The molecule has 1 rings (SSSR count). The summed E-state index contributed by atoms with van der Waals surface area (Å²) >= 11 is 10.3. The zero-order valence-corrected chi connectivity index (χ0v) is 14.7. The van der Waals surface area contributed by atoms with Gasteiger partial charge in [-0.15, -0.1) is 0 Å². The molecule has 0 spiro atoms. The number of ether oxygens (including phenoxy) is 1. The van der Waals surface area contributed by atoms with E-state index < -0.39 is 0 Å². The van der Waals surface area contributed by atoms with E-state index >= 15 is 0 Å². The molecule has 0 aliphatic carbocycles. The second-order valence-corrected chi connectivity index (χ2v) is 7.22. The summed E-state index contributed by atoms with van der Waals surface area (Å²) < 4.78 is 9.17. The molecule has 0 fully saturated rings. The Bertz CT molecular complexity index is 291. The fraction of sp³-hybridized carbons (Fsp3) is 0.250. The molecule has 1 aromatic rings. The second-order valence-electron chi connectivity index (χ2n) is 2.36. The topological polar surface area (TPSA) is 9.23 Å². The monoisotopic (exact) mass is 578 g/mol. The molecule has 72 valence electrons. The molecule has 0 saturated carbocycles. The summed E-state index contributed by atoms with van der Waals surface area (Å²) in [5.74, 6) is 0.964. The zero-order chi connectivity index (χ0) is 10.0. The van der Waals surface area contributed by atoms with E-state index in [1.54, 1.807) is 0 Å². The van der Waals surface area contributed by atoms with Crippen LogP contribution in [0.4, 0.5) is 0 Å². The summed E-state index contributed by atoms with van der Waals surface area (Å²) in [7, 11) is 0. The van der Waals surface area contributed by atoms with Gasteiger partial charge in [0.1, 0.15) is 5.75 Å². The van der Waals surface area contributed by atoms with E-state index in [0.29, 0.717) is 0 Å². The molecular formula is C8H6BrI3O. The molecule has 1 unspecified atom stereocenters. The standard InChI is InChI=1S/C8H6BrI3O/c1-4(9)13-8-6(11)2-5(10)3-7(8)12/h2-4H,1H3. The average Bonchev–Trinajstić information content (AvgIpc) is 1.96. The van der Waals surface area contributed by atoms with Gasteiger partial charge in [0.2, 0.25) is 0 Å². The van der Waals surface area contributed by atoms with Crippen molar-refractivity contribution >= 4 is 83.7 Å². The highest BCUT2D eigenvalue weighted by Crippen LogP contribution is 2.30. The van der Waals surface area contributed by atoms with Gasteiger partial charge in [-0.2, -0.15) is 0 Å². The Morgan fingerprint density at radius 3 is 2.08 bits per heavy atom. The third-order valence-corrected chi connectivity index (χ3v) is 3.66. The minimum absolute atomic E-state index is 0.0505. The summed E-state index contributed by atoms with van der Waals surface area (Å²) in [5, 5.41) is 0.0505. The van der Waals surface area contributed by atoms with Crippen molar-refractivity contribution < 1.29 is 4.74 Å². The van der Waals surface area contributed by atoms with Crippen molar-refractivity contribution in [2.75, 3.05) is 0 Å². The van der Waals surface area contributed by atoms with E-state index in [2.05, 4.69) is 95.8 Å². The van der Waals surface area contributed by atoms with E-state index in [9.17, 15) is 0 Å². The minimum atomic E-state index is 0.0505. The first-order chi connectivity index (χ1) is 6.00. The first-order valence-electron chi connectivity index (χ1n) is 3.46. The van der Waals surface area contributed by atoms with Gasteiger partial charge in [0.15, 0.2) is 5.01 Å². The normalized spacial score (nSPS) is 12.7. The summed E-state index contributed by atoms with van der Waals surface area (Å²) in [6, 6.07) is 4.21. The van der Waals surface area contributed by atoms with Gasteiger partial charge in [-0.1, -0.05) is 0 Å². The molecular weight excluding hydrogens is 573 g/mol. The molecule has 0 bridgehead atoms. The van der Waals surface area contributed by atoms with Gasteiger partial charge in [0, 0.05) is 3.57 Å². The summed E-state index contributed by atoms with van der Waals surface area (Å²) in [5.41, 5.74) is 0. The number of benzene rings is 1. The van der Waals surface area contributed by atoms with Crippen LogP contribution in [-0.2, 0) is 0 Å². The summed E-state index contributed by atoms with van der Waals surface area (Å²) in [4.78, 5) is 0. The predicted octanol–water partition coefficient (Wildman–Crippen LogP) is 4.62. The molecule has 1 atom stereocenters. The molecule has 0 heterocycles. The van der Waals surface area contributed by atoms with Crippen LogP contribution in [0.15, 0.2) is 12.1 Å². The van der Waals surface area contributed by atoms with Gasteiger partial charge >= 0.3 is 0 Å². The molecule has 1 nitrogen and oxygen atoms in total. The Kier molecular flexibility index (Phi) is 5.58. The number of hydrogen-bond acceptors (Lipinski definition) is 1. The van der Waals surface area contributed by atoms with Gasteiger partial charge in [-0.25, -0.2) is 0 Å². The van der Waals surface area contributed by atoms with Crippen LogP contribution in [-0.4, -0.2) is 5.01 Å². The summed E-state index contributed by atoms with van der Waals surface area (Å²) in [6.07, 6.45) is 0. The van der Waals surface area contributed by atoms with Crippen LogP contribution in [0.2, 0.25) is 0 Å². The van der Waals surface area contributed by atoms with Crippen LogP contribution in [0.1, 0.15) is 6.92 Å². The van der Waals surface area contributed by atoms with E-state index in [1.807, 2.05) is 6.92 Å². The van der Waals surface area contributed by atoms with Crippen LogP contribution < -0.4 is 4.74 Å². The molecule has 0 aliphatic rings. The SMILES string of the molecule is CC(Br)Oc1c(I)cc(I)cc1I. The Morgan fingerprint density at radius 1 is 1.23 bits per heavy atom. The van der Waals surface area contributed by atoms with Crippen molar-refractivity contribution in [3.8, 4) is 5.75 Å². The van der Waals surface area contributed by atoms with E-state index in [0.717, 1.165) is 12.9 Å². The molecule has 1 aromatic carbocycles. The molecule has 0 N–H and O–H groups in total. The first-order valence-corrected chi connectivity index (χ1v) is 7.61. The molecule has 0 radical (unpaired) electrons. The number of halogens is 4. The molecule has 13 heavy (non-hydrogen) atoms. The molecule has 0 saturated heterocycles. The van der Waals surface area contributed by atoms with E-state index in [-0.39, 0.29) is 5.01 Å². The summed E-state index contributed by atoms with van der Waals surface area (Å²) in [6.45, 7) is 1.96. The minimum Gasteiger partial charge on any atom is -0.477 e. The van der Waals surface area contributed by atoms with Crippen LogP contribution in [0.5, 0.6) is 5.75 Å². The van der Waals surface area contributed by atoms with Gasteiger partial charge in [-0.05, 0) is 103 Å². The highest BCUT2D eigenvalue weighted by molar-refractivity contribution is 14.1. The van der Waals surface area contributed by atoms with Gasteiger partial charge in [0.05, 0.1) is 7.14 Å². The third-order valence-electron chi connectivity index (χ3n) is 1.24. The lowest BCUT2D eigenvalue weighted by molar-refractivity contribution is 0.309. The van der Waals surface area contributed by atoms with E-state index in [4.69, 9.17) is 4.74 Å². The Hall–Kier alpha value is 1.69. The van der Waals surface area contributed by atoms with Gasteiger partial charge in [-0.3, -0.25) is 0 Å². The smallest absolute Gasteiger partial charge is 0.150 e. The molecule has 0 amide bonds. The fourth-order valence-electron chi connectivity index (χ4n) is 0.804. The van der Waals surface area contributed by atoms with Crippen LogP contribution in [0.3, 0.4) is 0 Å². The Balaban J connectivity index is 3.06. The number of alkyl halides is 1. The lowest BCUT2D eigenvalue weighted by Crippen LogP contribution is -2.04. The van der Waals surface area contributed by atoms with Crippen LogP contribution in [0.25, 0.3) is 0 Å². The maximum absolute atomic E-state index is 5.63. The van der Waals surface area contributed by atoms with Crippen molar-refractivity contribution in [2.24, 2.45) is 0 Å². The predicted molar refractivity (Wildman–Crippen MR) is 83.6 cm³/mol. The maximum Gasteiger partial charge on any atom is 0.150 e. The van der Waals surface area contributed by atoms with Crippen molar-refractivity contribution in [3.63, 3.8) is 0 Å². The van der Waals surface area contributed by atoms with Crippen LogP contribution >= 0.6 is 83.7 Å². The molecule has 5 heteroatoms. The average molecular weight is 579 g/mol. The molecule has 0 aliphatic heterocycles. The molecule has 0 aromatic heterocycles. The van der Waals surface area contributed by atoms with Gasteiger partial charge in [0.25, 0.3) is 0 Å². The highest BCUT2D eigenvalue weighted by Gasteiger charge is 2.09. The van der Waals surface area contributed by atoms with Crippen molar-refractivity contribution in [3.05, 3.63) is 22.8 Å². The first kappa shape index (κ1) is 12.8. The fourth-order valence-corrected chi connectivity index (χ4v) is 4.83. The lowest BCUT2D eigenvalue weighted by Gasteiger charge is -2.12. The highest BCUT2D eigenvalue weighted by atomic mass is 127.